The standard InChI is InChI=1S/C7H11N3S2/c1-12-7(11)10-9-6-5-2-4(5)3-8-6/h4-5H,2-3H2,1H3,(H,8,9)(H,10,11). The van der Waals surface area contributed by atoms with E-state index in [2.05, 4.69) is 15.8 Å². The summed E-state index contributed by atoms with van der Waals surface area (Å²) in [6.07, 6.45) is 3.26. The molecule has 0 saturated heterocycles. The number of hydrogen-bond donors (Lipinski definition) is 2. The van der Waals surface area contributed by atoms with Crippen LogP contribution in [0.4, 0.5) is 0 Å². The molecule has 2 unspecified atom stereocenters. The summed E-state index contributed by atoms with van der Waals surface area (Å²) in [6, 6.07) is 0. The van der Waals surface area contributed by atoms with Crippen LogP contribution in [-0.4, -0.2) is 23.0 Å². The van der Waals surface area contributed by atoms with E-state index in [0.29, 0.717) is 5.92 Å². The molecule has 2 N–H and O–H groups in total. The summed E-state index contributed by atoms with van der Waals surface area (Å²) in [4.78, 5) is 4.35. The highest BCUT2D eigenvalue weighted by Gasteiger charge is 2.45. The summed E-state index contributed by atoms with van der Waals surface area (Å²) in [7, 11) is 0. The van der Waals surface area contributed by atoms with E-state index in [-0.39, 0.29) is 0 Å². The van der Waals surface area contributed by atoms with Crippen molar-refractivity contribution in [3.8, 4) is 0 Å². The Kier molecular flexibility index (Phi) is 2.23. The van der Waals surface area contributed by atoms with Gasteiger partial charge in [-0.15, -0.1) is 0 Å². The van der Waals surface area contributed by atoms with Gasteiger partial charge in [0.2, 0.25) is 0 Å². The van der Waals surface area contributed by atoms with Crippen molar-refractivity contribution in [2.45, 2.75) is 6.42 Å². The van der Waals surface area contributed by atoms with Crippen LogP contribution < -0.4 is 10.9 Å². The Hall–Kier alpha value is -0.290. The van der Waals surface area contributed by atoms with Crippen LogP contribution in [0.1, 0.15) is 6.42 Å². The number of amidine groups is 1. The Morgan fingerprint density at radius 2 is 2.58 bits per heavy atom. The van der Waals surface area contributed by atoms with Crippen LogP contribution >= 0.6 is 24.0 Å². The van der Waals surface area contributed by atoms with Crippen molar-refractivity contribution < 1.29 is 0 Å². The average Bonchev–Trinajstić information content (AvgIpc) is 2.77. The maximum atomic E-state index is 4.98. The fourth-order valence-electron chi connectivity index (χ4n) is 1.42. The monoisotopic (exact) mass is 201 g/mol. The van der Waals surface area contributed by atoms with Gasteiger partial charge in [0.15, 0.2) is 4.32 Å². The van der Waals surface area contributed by atoms with Gasteiger partial charge in [0.05, 0.1) is 0 Å². The van der Waals surface area contributed by atoms with E-state index in [1.807, 2.05) is 6.26 Å². The first kappa shape index (κ1) is 8.31. The molecular weight excluding hydrogens is 190 g/mol. The van der Waals surface area contributed by atoms with E-state index in [1.54, 1.807) is 0 Å². The first-order chi connectivity index (χ1) is 5.81. The molecule has 0 radical (unpaired) electrons. The van der Waals surface area contributed by atoms with Crippen molar-refractivity contribution in [1.82, 2.24) is 10.9 Å². The summed E-state index contributed by atoms with van der Waals surface area (Å²) in [6.45, 7) is 1.00. The highest BCUT2D eigenvalue weighted by atomic mass is 32.2. The lowest BCUT2D eigenvalue weighted by Crippen LogP contribution is -2.40. The van der Waals surface area contributed by atoms with E-state index in [9.17, 15) is 0 Å². The van der Waals surface area contributed by atoms with Gasteiger partial charge in [0.25, 0.3) is 0 Å². The van der Waals surface area contributed by atoms with E-state index >= 15 is 0 Å². The van der Waals surface area contributed by atoms with E-state index in [0.717, 1.165) is 22.6 Å². The highest BCUT2D eigenvalue weighted by Crippen LogP contribution is 2.43. The largest absolute Gasteiger partial charge is 0.287 e. The van der Waals surface area contributed by atoms with Crippen LogP contribution in [0.15, 0.2) is 4.99 Å². The minimum absolute atomic E-state index is 0.696. The summed E-state index contributed by atoms with van der Waals surface area (Å²) in [5.74, 6) is 2.62. The Morgan fingerprint density at radius 1 is 1.75 bits per heavy atom. The molecule has 12 heavy (non-hydrogen) atoms. The maximum Gasteiger partial charge on any atom is 0.152 e. The smallest absolute Gasteiger partial charge is 0.152 e. The van der Waals surface area contributed by atoms with Crippen molar-refractivity contribution in [3.63, 3.8) is 0 Å². The van der Waals surface area contributed by atoms with Crippen LogP contribution in [0.3, 0.4) is 0 Å². The topological polar surface area (TPSA) is 36.4 Å². The van der Waals surface area contributed by atoms with Crippen LogP contribution in [0.2, 0.25) is 0 Å². The summed E-state index contributed by atoms with van der Waals surface area (Å²) < 4.78 is 0.766. The molecule has 1 saturated carbocycles. The molecule has 0 aromatic rings. The molecule has 1 fully saturated rings. The number of nitrogens with zero attached hydrogens (tertiary/aromatic N) is 1. The third-order valence-electron chi connectivity index (χ3n) is 2.25. The Morgan fingerprint density at radius 3 is 3.08 bits per heavy atom. The van der Waals surface area contributed by atoms with E-state index < -0.39 is 0 Å². The average molecular weight is 201 g/mol. The van der Waals surface area contributed by atoms with Crippen LogP contribution in [0.5, 0.6) is 0 Å². The van der Waals surface area contributed by atoms with Gasteiger partial charge in [-0.2, -0.15) is 0 Å². The Balaban J connectivity index is 1.76. The van der Waals surface area contributed by atoms with E-state index in [1.165, 1.54) is 18.2 Å². The molecule has 0 aromatic heterocycles. The molecule has 3 nitrogen and oxygen atoms in total. The zero-order chi connectivity index (χ0) is 8.55. The molecule has 2 atom stereocenters. The Labute approximate surface area is 81.4 Å². The molecule has 0 bridgehead atoms. The number of rotatable bonds is 0. The molecule has 2 aliphatic rings. The quantitative estimate of drug-likeness (QED) is 0.448. The zero-order valence-corrected chi connectivity index (χ0v) is 8.47. The van der Waals surface area contributed by atoms with Gasteiger partial charge in [0.1, 0.15) is 5.84 Å². The van der Waals surface area contributed by atoms with Gasteiger partial charge in [-0.3, -0.25) is 15.8 Å². The van der Waals surface area contributed by atoms with E-state index in [4.69, 9.17) is 12.2 Å². The molecule has 0 aromatic carbocycles. The predicted molar refractivity (Wildman–Crippen MR) is 56.3 cm³/mol. The lowest BCUT2D eigenvalue weighted by molar-refractivity contribution is 0.850. The molecule has 1 heterocycles. The third-order valence-corrected chi connectivity index (χ3v) is 3.32. The molecule has 5 heteroatoms. The van der Waals surface area contributed by atoms with Gasteiger partial charge < -0.3 is 0 Å². The highest BCUT2D eigenvalue weighted by molar-refractivity contribution is 8.22. The zero-order valence-electron chi connectivity index (χ0n) is 6.83. The summed E-state index contributed by atoms with van der Waals surface area (Å²) >= 11 is 6.50. The second kappa shape index (κ2) is 3.22. The number of aliphatic imine (C=N–C) groups is 1. The van der Waals surface area contributed by atoms with Crippen molar-refractivity contribution in [1.29, 1.82) is 0 Å². The van der Waals surface area contributed by atoms with Crippen molar-refractivity contribution in [3.05, 3.63) is 0 Å². The fourth-order valence-corrected chi connectivity index (χ4v) is 1.62. The number of fused-ring (bicyclic) bond motifs is 1. The molecule has 0 amide bonds. The molecule has 1 aliphatic heterocycles. The molecule has 0 spiro atoms. The Bertz CT molecular complexity index is 239. The van der Waals surface area contributed by atoms with Crippen LogP contribution in [-0.2, 0) is 0 Å². The summed E-state index contributed by atoms with van der Waals surface area (Å²) in [5, 5.41) is 0. The molecular formula is C7H11N3S2. The number of hydrogen-bond acceptors (Lipinski definition) is 4. The van der Waals surface area contributed by atoms with Gasteiger partial charge in [-0.1, -0.05) is 24.0 Å². The number of nitrogens with one attached hydrogen (secondary N) is 2. The van der Waals surface area contributed by atoms with Crippen LogP contribution in [0, 0.1) is 11.8 Å². The normalized spacial score (nSPS) is 30.6. The van der Waals surface area contributed by atoms with Crippen molar-refractivity contribution in [2.75, 3.05) is 12.8 Å². The predicted octanol–water partition coefficient (Wildman–Crippen LogP) is 0.777. The van der Waals surface area contributed by atoms with Gasteiger partial charge in [0, 0.05) is 12.5 Å². The molecule has 2 rings (SSSR count). The number of hydrazine groups is 1. The minimum Gasteiger partial charge on any atom is -0.287 e. The van der Waals surface area contributed by atoms with Gasteiger partial charge >= 0.3 is 0 Å². The fraction of sp³-hybridized carbons (Fsp3) is 0.714. The minimum atomic E-state index is 0.696. The number of thiocarbonyl (C=S) groups is 1. The molecule has 1 aliphatic carbocycles. The first-order valence-corrected chi connectivity index (χ1v) is 5.59. The van der Waals surface area contributed by atoms with Crippen LogP contribution in [0.25, 0.3) is 0 Å². The van der Waals surface area contributed by atoms with Gasteiger partial charge in [-0.25, -0.2) is 0 Å². The SMILES string of the molecule is CSC(=S)NNC1=NCC2CC12. The third kappa shape index (κ3) is 1.56. The second-order valence-electron chi connectivity index (χ2n) is 3.07. The number of thioether (sulfide) groups is 1. The van der Waals surface area contributed by atoms with Crippen molar-refractivity contribution >= 4 is 34.1 Å². The molecule has 66 valence electrons. The maximum absolute atomic E-state index is 4.98. The van der Waals surface area contributed by atoms with Crippen molar-refractivity contribution in [2.24, 2.45) is 16.8 Å². The summed E-state index contributed by atoms with van der Waals surface area (Å²) in [5.41, 5.74) is 6.01. The second-order valence-corrected chi connectivity index (χ2v) is 4.55. The lowest BCUT2D eigenvalue weighted by Gasteiger charge is -2.08. The lowest BCUT2D eigenvalue weighted by atomic mass is 10.3. The van der Waals surface area contributed by atoms with Gasteiger partial charge in [-0.05, 0) is 18.6 Å². The first-order valence-electron chi connectivity index (χ1n) is 3.95.